The number of ether oxygens (including phenoxy) is 2. The number of aromatic nitrogens is 1. The average molecular weight is 538 g/mol. The van der Waals surface area contributed by atoms with Crippen LogP contribution in [0.1, 0.15) is 12.0 Å². The summed E-state index contributed by atoms with van der Waals surface area (Å²) in [6, 6.07) is 19.7. The molecule has 196 valence electrons. The van der Waals surface area contributed by atoms with Gasteiger partial charge in [-0.05, 0) is 67.1 Å². The number of aliphatic carboxylic acids is 1. The maximum absolute atomic E-state index is 13.0. The van der Waals surface area contributed by atoms with E-state index in [0.29, 0.717) is 31.2 Å². The summed E-state index contributed by atoms with van der Waals surface area (Å²) in [4.78, 5) is 13.5. The number of anilines is 1. The van der Waals surface area contributed by atoms with E-state index in [1.807, 2.05) is 42.5 Å². The van der Waals surface area contributed by atoms with Gasteiger partial charge in [-0.15, -0.1) is 0 Å². The molecule has 37 heavy (non-hydrogen) atoms. The maximum atomic E-state index is 13.0. The molecule has 1 heterocycles. The summed E-state index contributed by atoms with van der Waals surface area (Å²) in [6.45, 7) is 1.93. The van der Waals surface area contributed by atoms with Crippen LogP contribution in [0.15, 0.2) is 66.7 Å². The molecule has 0 fully saturated rings. The van der Waals surface area contributed by atoms with E-state index in [1.54, 1.807) is 23.5 Å². The number of rotatable bonds is 9. The lowest BCUT2D eigenvalue weighted by molar-refractivity contribution is -0.192. The number of nitrogens with two attached hydrogens (primary N) is 1. The fourth-order valence-corrected chi connectivity index (χ4v) is 3.73. The van der Waals surface area contributed by atoms with Crippen LogP contribution < -0.4 is 20.5 Å². The van der Waals surface area contributed by atoms with Crippen molar-refractivity contribution in [3.63, 3.8) is 0 Å². The third-order valence-electron chi connectivity index (χ3n) is 4.64. The fourth-order valence-electron chi connectivity index (χ4n) is 2.84. The van der Waals surface area contributed by atoms with Crippen molar-refractivity contribution >= 4 is 32.7 Å². The topological polar surface area (TPSA) is 107 Å². The van der Waals surface area contributed by atoms with E-state index < -0.39 is 12.1 Å². The summed E-state index contributed by atoms with van der Waals surface area (Å²) in [5, 5.41) is 11.3. The van der Waals surface area contributed by atoms with Crippen LogP contribution in [0, 0.1) is 5.82 Å². The van der Waals surface area contributed by atoms with Gasteiger partial charge < -0.3 is 25.6 Å². The highest BCUT2D eigenvalue weighted by Gasteiger charge is 2.38. The molecule has 0 saturated carbocycles. The van der Waals surface area contributed by atoms with Gasteiger partial charge in [0, 0.05) is 12.6 Å². The molecule has 0 unspecified atom stereocenters. The number of hydrogen-bond donors (Lipinski definition) is 3. The minimum atomic E-state index is -5.08. The van der Waals surface area contributed by atoms with Crippen molar-refractivity contribution in [2.24, 2.45) is 5.73 Å². The number of nitrogens with zero attached hydrogens (tertiary/aromatic N) is 1. The van der Waals surface area contributed by atoms with E-state index in [1.165, 1.54) is 12.1 Å². The zero-order chi connectivity index (χ0) is 26.8. The Bertz CT molecular complexity index is 1300. The van der Waals surface area contributed by atoms with Gasteiger partial charge in [-0.1, -0.05) is 23.5 Å². The number of thiazole rings is 1. The Morgan fingerprint density at radius 2 is 1.62 bits per heavy atom. The number of carboxylic acids is 1. The lowest BCUT2D eigenvalue weighted by Crippen LogP contribution is -2.21. The zero-order valence-corrected chi connectivity index (χ0v) is 20.1. The van der Waals surface area contributed by atoms with Crippen molar-refractivity contribution < 1.29 is 36.9 Å². The largest absolute Gasteiger partial charge is 0.494 e. The van der Waals surface area contributed by atoms with Gasteiger partial charge in [-0.25, -0.2) is 14.2 Å². The maximum Gasteiger partial charge on any atom is 0.490 e. The molecule has 0 aliphatic carbocycles. The summed E-state index contributed by atoms with van der Waals surface area (Å²) in [7, 11) is 0. The zero-order valence-electron chi connectivity index (χ0n) is 19.3. The van der Waals surface area contributed by atoms with Gasteiger partial charge in [-0.3, -0.25) is 0 Å². The smallest absolute Gasteiger partial charge is 0.490 e. The van der Waals surface area contributed by atoms with Gasteiger partial charge in [0.25, 0.3) is 0 Å². The molecule has 0 bridgehead atoms. The first-order valence-corrected chi connectivity index (χ1v) is 11.8. The van der Waals surface area contributed by atoms with Crippen LogP contribution in [-0.2, 0) is 11.3 Å². The Kier molecular flexibility index (Phi) is 9.64. The lowest BCUT2D eigenvalue weighted by Gasteiger charge is -2.07. The first kappa shape index (κ1) is 27.7. The summed E-state index contributed by atoms with van der Waals surface area (Å²) < 4.78 is 57.2. The highest BCUT2D eigenvalue weighted by molar-refractivity contribution is 7.22. The minimum Gasteiger partial charge on any atom is -0.494 e. The number of benzene rings is 3. The molecule has 0 aliphatic heterocycles. The molecule has 0 radical (unpaired) electrons. The van der Waals surface area contributed by atoms with Crippen LogP contribution in [0.25, 0.3) is 10.2 Å². The Morgan fingerprint density at radius 3 is 2.24 bits per heavy atom. The van der Waals surface area contributed by atoms with Crippen LogP contribution >= 0.6 is 11.3 Å². The molecular formula is C25H23F4N3O4S. The van der Waals surface area contributed by atoms with E-state index >= 15 is 0 Å². The van der Waals surface area contributed by atoms with E-state index in [2.05, 4.69) is 10.3 Å². The van der Waals surface area contributed by atoms with Crippen molar-refractivity contribution in [3.8, 4) is 17.2 Å². The van der Waals surface area contributed by atoms with Crippen LogP contribution in [0.4, 0.5) is 22.7 Å². The fraction of sp³-hybridized carbons (Fsp3) is 0.200. The summed E-state index contributed by atoms with van der Waals surface area (Å²) in [5.41, 5.74) is 7.51. The highest BCUT2D eigenvalue weighted by atomic mass is 32.1. The summed E-state index contributed by atoms with van der Waals surface area (Å²) in [5.74, 6) is -0.915. The third-order valence-corrected chi connectivity index (χ3v) is 5.61. The second kappa shape index (κ2) is 12.9. The molecule has 0 spiro atoms. The molecule has 4 rings (SSSR count). The lowest BCUT2D eigenvalue weighted by atomic mass is 10.2. The normalized spacial score (nSPS) is 10.9. The molecule has 0 atom stereocenters. The molecule has 12 heteroatoms. The standard InChI is InChI=1S/C23H22FN3O2S.C2HF3O2/c24-17-4-8-19(9-5-17)29-20-10-11-21-22(14-20)30-23(27-21)26-15-16-2-6-18(7-3-16)28-13-1-12-25;3-2(4,5)1(6)7/h2-11,14H,1,12-13,15,25H2,(H,26,27);(H,6,7). The Balaban J connectivity index is 0.000000479. The van der Waals surface area contributed by atoms with Crippen molar-refractivity contribution in [3.05, 3.63) is 78.1 Å². The summed E-state index contributed by atoms with van der Waals surface area (Å²) in [6.07, 6.45) is -4.24. The first-order chi connectivity index (χ1) is 17.6. The highest BCUT2D eigenvalue weighted by Crippen LogP contribution is 2.31. The second-order valence-electron chi connectivity index (χ2n) is 7.50. The molecular weight excluding hydrogens is 514 g/mol. The van der Waals surface area contributed by atoms with E-state index in [9.17, 15) is 17.6 Å². The molecule has 4 N–H and O–H groups in total. The van der Waals surface area contributed by atoms with Gasteiger partial charge in [0.2, 0.25) is 0 Å². The molecule has 1 aromatic heterocycles. The van der Waals surface area contributed by atoms with Crippen molar-refractivity contribution in [2.45, 2.75) is 19.1 Å². The predicted molar refractivity (Wildman–Crippen MR) is 133 cm³/mol. The predicted octanol–water partition coefficient (Wildman–Crippen LogP) is 6.20. The molecule has 4 aromatic rings. The van der Waals surface area contributed by atoms with Gasteiger partial charge in [0.1, 0.15) is 23.1 Å². The Labute approximate surface area is 213 Å². The van der Waals surface area contributed by atoms with E-state index in [-0.39, 0.29) is 5.82 Å². The van der Waals surface area contributed by atoms with E-state index in [0.717, 1.165) is 33.1 Å². The molecule has 7 nitrogen and oxygen atoms in total. The monoisotopic (exact) mass is 537 g/mol. The van der Waals surface area contributed by atoms with Gasteiger partial charge >= 0.3 is 12.1 Å². The van der Waals surface area contributed by atoms with Crippen molar-refractivity contribution in [1.82, 2.24) is 4.98 Å². The van der Waals surface area contributed by atoms with Crippen LogP contribution in [0.5, 0.6) is 17.2 Å². The summed E-state index contributed by atoms with van der Waals surface area (Å²) >= 11 is 1.56. The van der Waals surface area contributed by atoms with Crippen molar-refractivity contribution in [1.29, 1.82) is 0 Å². The molecule has 3 aromatic carbocycles. The van der Waals surface area contributed by atoms with Gasteiger partial charge in [-0.2, -0.15) is 13.2 Å². The van der Waals surface area contributed by atoms with E-state index in [4.69, 9.17) is 25.1 Å². The second-order valence-corrected chi connectivity index (χ2v) is 8.53. The number of fused-ring (bicyclic) bond motifs is 1. The van der Waals surface area contributed by atoms with Crippen LogP contribution in [-0.4, -0.2) is 35.4 Å². The molecule has 0 amide bonds. The third kappa shape index (κ3) is 8.92. The number of alkyl halides is 3. The number of nitrogens with one attached hydrogen (secondary N) is 1. The number of carboxylic acid groups (broad SMARTS) is 1. The quantitative estimate of drug-likeness (QED) is 0.172. The number of hydrogen-bond acceptors (Lipinski definition) is 7. The number of carbonyl (C=O) groups is 1. The SMILES string of the molecule is NCCCOc1ccc(CNc2nc3ccc(Oc4ccc(F)cc4)cc3s2)cc1.O=C(O)C(F)(F)F. The molecule has 0 saturated heterocycles. The Morgan fingerprint density at radius 1 is 1.00 bits per heavy atom. The van der Waals surface area contributed by atoms with Gasteiger partial charge in [0.05, 0.1) is 16.8 Å². The number of halogens is 4. The molecule has 0 aliphatic rings. The Hall–Kier alpha value is -3.90. The minimum absolute atomic E-state index is 0.287. The first-order valence-electron chi connectivity index (χ1n) is 10.9. The van der Waals surface area contributed by atoms with Crippen LogP contribution in [0.3, 0.4) is 0 Å². The van der Waals surface area contributed by atoms with Gasteiger partial charge in [0.15, 0.2) is 5.13 Å². The van der Waals surface area contributed by atoms with Crippen molar-refractivity contribution in [2.75, 3.05) is 18.5 Å². The average Bonchev–Trinajstić information content (AvgIpc) is 3.27. The van der Waals surface area contributed by atoms with Crippen LogP contribution in [0.2, 0.25) is 0 Å².